The van der Waals surface area contributed by atoms with Gasteiger partial charge in [-0.25, -0.2) is 0 Å². The number of methoxy groups -OCH3 is 1. The third-order valence-corrected chi connectivity index (χ3v) is 4.20. The van der Waals surface area contributed by atoms with Crippen LogP contribution in [0.2, 0.25) is 0 Å². The van der Waals surface area contributed by atoms with Crippen molar-refractivity contribution in [2.75, 3.05) is 13.7 Å². The summed E-state index contributed by atoms with van der Waals surface area (Å²) in [6, 6.07) is 3.11. The first-order chi connectivity index (χ1) is 9.52. The van der Waals surface area contributed by atoms with Gasteiger partial charge in [-0.05, 0) is 53.0 Å². The number of aliphatic carboxylic acids is 1. The lowest BCUT2D eigenvalue weighted by atomic mass is 10.0. The van der Waals surface area contributed by atoms with E-state index in [-0.39, 0.29) is 5.75 Å². The first-order valence-electron chi connectivity index (χ1n) is 6.55. The summed E-state index contributed by atoms with van der Waals surface area (Å²) < 4.78 is 5.67. The zero-order valence-corrected chi connectivity index (χ0v) is 12.9. The van der Waals surface area contributed by atoms with E-state index in [9.17, 15) is 15.0 Å². The highest BCUT2D eigenvalue weighted by atomic mass is 79.9. The molecule has 0 bridgehead atoms. The first-order valence-corrected chi connectivity index (χ1v) is 7.34. The molecule has 1 aromatic carbocycles. The number of benzene rings is 1. The molecule has 0 spiro atoms. The smallest absolute Gasteiger partial charge is 0.320 e. The lowest BCUT2D eigenvalue weighted by Crippen LogP contribution is -2.43. The number of carboxylic acid groups (broad SMARTS) is 1. The van der Waals surface area contributed by atoms with E-state index in [4.69, 9.17) is 4.74 Å². The van der Waals surface area contributed by atoms with E-state index in [1.54, 1.807) is 12.1 Å². The van der Waals surface area contributed by atoms with Gasteiger partial charge < -0.3 is 14.9 Å². The second-order valence-corrected chi connectivity index (χ2v) is 5.80. The Morgan fingerprint density at radius 3 is 2.90 bits per heavy atom. The summed E-state index contributed by atoms with van der Waals surface area (Å²) in [5, 5.41) is 19.1. The highest BCUT2D eigenvalue weighted by molar-refractivity contribution is 9.10. The molecule has 0 aliphatic carbocycles. The Hall–Kier alpha value is -1.27. The largest absolute Gasteiger partial charge is 0.503 e. The number of piperidine rings is 1. The van der Waals surface area contributed by atoms with Gasteiger partial charge in [-0.3, -0.25) is 9.69 Å². The Morgan fingerprint density at radius 1 is 1.50 bits per heavy atom. The van der Waals surface area contributed by atoms with Crippen LogP contribution < -0.4 is 4.74 Å². The maximum absolute atomic E-state index is 11.3. The van der Waals surface area contributed by atoms with Gasteiger partial charge >= 0.3 is 5.97 Å². The topological polar surface area (TPSA) is 70.0 Å². The molecular weight excluding hydrogens is 326 g/mol. The average molecular weight is 344 g/mol. The van der Waals surface area contributed by atoms with Gasteiger partial charge in [-0.1, -0.05) is 6.42 Å². The van der Waals surface area contributed by atoms with E-state index in [2.05, 4.69) is 15.9 Å². The van der Waals surface area contributed by atoms with Crippen LogP contribution in [0.5, 0.6) is 11.5 Å². The number of carbonyl (C=O) groups is 1. The quantitative estimate of drug-likeness (QED) is 0.879. The summed E-state index contributed by atoms with van der Waals surface area (Å²) in [6.45, 7) is 1.31. The lowest BCUT2D eigenvalue weighted by Gasteiger charge is -2.33. The van der Waals surface area contributed by atoms with Gasteiger partial charge in [-0.2, -0.15) is 0 Å². The van der Waals surface area contributed by atoms with Crippen LogP contribution in [-0.4, -0.2) is 40.8 Å². The Morgan fingerprint density at radius 2 is 2.25 bits per heavy atom. The number of rotatable bonds is 4. The Balaban J connectivity index is 2.20. The van der Waals surface area contributed by atoms with Gasteiger partial charge in [0.1, 0.15) is 6.04 Å². The van der Waals surface area contributed by atoms with Gasteiger partial charge in [0, 0.05) is 6.54 Å². The summed E-state index contributed by atoms with van der Waals surface area (Å²) in [4.78, 5) is 13.2. The van der Waals surface area contributed by atoms with Gasteiger partial charge in [0.2, 0.25) is 0 Å². The molecule has 0 radical (unpaired) electrons. The number of carboxylic acids is 1. The third kappa shape index (κ3) is 3.24. The third-order valence-electron chi connectivity index (χ3n) is 3.59. The van der Waals surface area contributed by atoms with E-state index in [1.807, 2.05) is 4.90 Å². The van der Waals surface area contributed by atoms with Crippen molar-refractivity contribution in [3.05, 3.63) is 22.2 Å². The summed E-state index contributed by atoms with van der Waals surface area (Å²) in [5.41, 5.74) is 0.916. The van der Waals surface area contributed by atoms with Crippen LogP contribution in [0, 0.1) is 0 Å². The van der Waals surface area contributed by atoms with Gasteiger partial charge in [0.05, 0.1) is 11.6 Å². The SMILES string of the molecule is COc1cc(CN2CCCCC2C(=O)O)cc(Br)c1O. The number of nitrogens with zero attached hydrogens (tertiary/aromatic N) is 1. The van der Waals surface area contributed by atoms with Crippen LogP contribution >= 0.6 is 15.9 Å². The van der Waals surface area contributed by atoms with Crippen molar-refractivity contribution in [3.63, 3.8) is 0 Å². The van der Waals surface area contributed by atoms with Crippen molar-refractivity contribution in [1.29, 1.82) is 0 Å². The van der Waals surface area contributed by atoms with E-state index < -0.39 is 12.0 Å². The number of hydrogen-bond acceptors (Lipinski definition) is 4. The molecule has 1 unspecified atom stereocenters. The van der Waals surface area contributed by atoms with Crippen molar-refractivity contribution < 1.29 is 19.7 Å². The Kier molecular flexibility index (Phi) is 4.88. The number of phenols is 1. The minimum Gasteiger partial charge on any atom is -0.503 e. The zero-order chi connectivity index (χ0) is 14.7. The fourth-order valence-corrected chi connectivity index (χ4v) is 3.06. The van der Waals surface area contributed by atoms with Crippen molar-refractivity contribution >= 4 is 21.9 Å². The van der Waals surface area contributed by atoms with E-state index in [0.29, 0.717) is 23.2 Å². The minimum atomic E-state index is -0.769. The van der Waals surface area contributed by atoms with Gasteiger partial charge in [0.25, 0.3) is 0 Å². The van der Waals surface area contributed by atoms with Gasteiger partial charge in [-0.15, -0.1) is 0 Å². The predicted octanol–water partition coefficient (Wildman–Crippen LogP) is 2.60. The van der Waals surface area contributed by atoms with Crippen LogP contribution in [0.1, 0.15) is 24.8 Å². The molecule has 1 aliphatic heterocycles. The summed E-state index contributed by atoms with van der Waals surface area (Å²) in [6.07, 6.45) is 2.65. The molecule has 2 rings (SSSR count). The maximum atomic E-state index is 11.3. The monoisotopic (exact) mass is 343 g/mol. The molecule has 0 saturated carbocycles. The number of phenolic OH excluding ortho intramolecular Hbond substituents is 1. The van der Waals surface area contributed by atoms with Crippen LogP contribution in [0.4, 0.5) is 0 Å². The summed E-state index contributed by atoms with van der Waals surface area (Å²) in [5.74, 6) is -0.322. The van der Waals surface area contributed by atoms with Crippen molar-refractivity contribution in [3.8, 4) is 11.5 Å². The second kappa shape index (κ2) is 6.45. The molecule has 110 valence electrons. The molecule has 1 aliphatic rings. The van der Waals surface area contributed by atoms with Crippen LogP contribution in [0.15, 0.2) is 16.6 Å². The molecule has 0 amide bonds. The van der Waals surface area contributed by atoms with E-state index >= 15 is 0 Å². The Bertz CT molecular complexity index is 506. The average Bonchev–Trinajstić information content (AvgIpc) is 2.43. The van der Waals surface area contributed by atoms with Gasteiger partial charge in [0.15, 0.2) is 11.5 Å². The van der Waals surface area contributed by atoms with Crippen LogP contribution in [0.25, 0.3) is 0 Å². The number of halogens is 1. The van der Waals surface area contributed by atoms with Crippen molar-refractivity contribution in [2.24, 2.45) is 0 Å². The second-order valence-electron chi connectivity index (χ2n) is 4.95. The fraction of sp³-hybridized carbons (Fsp3) is 0.500. The predicted molar refractivity (Wildman–Crippen MR) is 78.0 cm³/mol. The number of likely N-dealkylation sites (tertiary alicyclic amines) is 1. The molecule has 1 heterocycles. The molecular formula is C14H18BrNO4. The molecule has 5 nitrogen and oxygen atoms in total. The molecule has 1 saturated heterocycles. The molecule has 1 atom stereocenters. The van der Waals surface area contributed by atoms with E-state index in [1.165, 1.54) is 7.11 Å². The Labute approximate surface area is 126 Å². The molecule has 1 aromatic rings. The number of ether oxygens (including phenoxy) is 1. The number of hydrogen-bond donors (Lipinski definition) is 2. The fourth-order valence-electron chi connectivity index (χ4n) is 2.57. The molecule has 6 heteroatoms. The van der Waals surface area contributed by atoms with Crippen LogP contribution in [0.3, 0.4) is 0 Å². The van der Waals surface area contributed by atoms with Crippen molar-refractivity contribution in [1.82, 2.24) is 4.90 Å². The molecule has 0 aromatic heterocycles. The summed E-state index contributed by atoms with van der Waals surface area (Å²) in [7, 11) is 1.49. The number of aromatic hydroxyl groups is 1. The standard InChI is InChI=1S/C14H18BrNO4/c1-20-12-7-9(6-10(15)13(12)17)8-16-5-3-2-4-11(16)14(18)19/h6-7,11,17H,2-5,8H2,1H3,(H,18,19). The first kappa shape index (κ1) is 15.1. The highest BCUT2D eigenvalue weighted by Crippen LogP contribution is 2.36. The highest BCUT2D eigenvalue weighted by Gasteiger charge is 2.28. The summed E-state index contributed by atoms with van der Waals surface area (Å²) >= 11 is 3.28. The normalized spacial score (nSPS) is 19.8. The van der Waals surface area contributed by atoms with Crippen LogP contribution in [-0.2, 0) is 11.3 Å². The maximum Gasteiger partial charge on any atom is 0.320 e. The zero-order valence-electron chi connectivity index (χ0n) is 11.3. The lowest BCUT2D eigenvalue weighted by molar-refractivity contribution is -0.144. The van der Waals surface area contributed by atoms with E-state index in [0.717, 1.165) is 24.9 Å². The molecule has 20 heavy (non-hydrogen) atoms. The van der Waals surface area contributed by atoms with Crippen molar-refractivity contribution in [2.45, 2.75) is 31.8 Å². The minimum absolute atomic E-state index is 0.0599. The molecule has 1 fully saturated rings. The molecule has 2 N–H and O–H groups in total.